The molecular weight excluding hydrogens is 394 g/mol. The first-order chi connectivity index (χ1) is 14.3. The van der Waals surface area contributed by atoms with Crippen molar-refractivity contribution < 1.29 is 27.8 Å². The topological polar surface area (TPSA) is 81.9 Å². The van der Waals surface area contributed by atoms with Gasteiger partial charge in [0.15, 0.2) is 6.61 Å². The molecule has 3 rings (SSSR count). The fourth-order valence-electron chi connectivity index (χ4n) is 3.64. The number of likely N-dealkylation sites (tertiary alicyclic amines) is 1. The van der Waals surface area contributed by atoms with Crippen LogP contribution in [0.25, 0.3) is 0 Å². The molecule has 0 spiro atoms. The van der Waals surface area contributed by atoms with Crippen LogP contribution in [0.1, 0.15) is 19.3 Å². The molecule has 30 heavy (non-hydrogen) atoms. The van der Waals surface area contributed by atoms with Gasteiger partial charge in [-0.15, -0.1) is 0 Å². The number of nitrogens with two attached hydrogens (primary N) is 1. The van der Waals surface area contributed by atoms with E-state index in [1.54, 1.807) is 4.90 Å². The highest BCUT2D eigenvalue weighted by Gasteiger charge is 2.39. The van der Waals surface area contributed by atoms with E-state index in [2.05, 4.69) is 0 Å². The molecule has 1 aliphatic rings. The van der Waals surface area contributed by atoms with Gasteiger partial charge in [-0.2, -0.15) is 0 Å². The third kappa shape index (κ3) is 5.92. The van der Waals surface area contributed by atoms with Gasteiger partial charge in [-0.05, 0) is 61.4 Å². The van der Waals surface area contributed by atoms with E-state index in [0.717, 1.165) is 0 Å². The summed E-state index contributed by atoms with van der Waals surface area (Å²) in [6, 6.07) is 11.0. The number of piperidine rings is 1. The van der Waals surface area contributed by atoms with Crippen LogP contribution < -0.4 is 15.2 Å². The van der Waals surface area contributed by atoms with E-state index in [1.807, 2.05) is 0 Å². The highest BCUT2D eigenvalue weighted by molar-refractivity contribution is 5.78. The van der Waals surface area contributed by atoms with Gasteiger partial charge in [-0.25, -0.2) is 8.78 Å². The Kier molecular flexibility index (Phi) is 6.87. The van der Waals surface area contributed by atoms with Crippen molar-refractivity contribution in [3.8, 4) is 11.5 Å². The van der Waals surface area contributed by atoms with E-state index in [0.29, 0.717) is 37.4 Å². The number of carbonyl (C=O) groups is 2. The zero-order valence-electron chi connectivity index (χ0n) is 16.5. The molecule has 1 aliphatic heterocycles. The zero-order chi connectivity index (χ0) is 21.6. The zero-order valence-corrected chi connectivity index (χ0v) is 16.5. The summed E-state index contributed by atoms with van der Waals surface area (Å²) in [7, 11) is 0. The minimum atomic E-state index is -0.635. The van der Waals surface area contributed by atoms with E-state index < -0.39 is 11.3 Å². The maximum Gasteiger partial charge on any atom is 0.260 e. The predicted octanol–water partition coefficient (Wildman–Crippen LogP) is 2.91. The third-order valence-corrected chi connectivity index (χ3v) is 5.10. The summed E-state index contributed by atoms with van der Waals surface area (Å²) in [5, 5.41) is 0. The van der Waals surface area contributed by atoms with Gasteiger partial charge >= 0.3 is 0 Å². The van der Waals surface area contributed by atoms with Crippen LogP contribution in [-0.4, -0.2) is 43.0 Å². The van der Waals surface area contributed by atoms with Gasteiger partial charge in [0.2, 0.25) is 5.91 Å². The molecule has 1 heterocycles. The van der Waals surface area contributed by atoms with Crippen LogP contribution in [0.5, 0.6) is 11.5 Å². The first kappa shape index (κ1) is 21.5. The molecule has 0 aliphatic carbocycles. The molecule has 0 unspecified atom stereocenters. The molecule has 2 amide bonds. The smallest absolute Gasteiger partial charge is 0.260 e. The van der Waals surface area contributed by atoms with Crippen LogP contribution in [0.15, 0.2) is 48.5 Å². The van der Waals surface area contributed by atoms with Gasteiger partial charge in [0, 0.05) is 24.9 Å². The molecule has 2 N–H and O–H groups in total. The van der Waals surface area contributed by atoms with Gasteiger partial charge < -0.3 is 20.1 Å². The Balaban J connectivity index is 1.63. The lowest BCUT2D eigenvalue weighted by Crippen LogP contribution is -2.51. The van der Waals surface area contributed by atoms with Gasteiger partial charge in [0.1, 0.15) is 23.1 Å². The summed E-state index contributed by atoms with van der Waals surface area (Å²) in [6.07, 6.45) is 1.42. The molecule has 6 nitrogen and oxygen atoms in total. The highest BCUT2D eigenvalue weighted by Crippen LogP contribution is 2.34. The normalized spacial score (nSPS) is 18.7. The molecular formula is C22H24F2N2O4. The number of benzene rings is 2. The van der Waals surface area contributed by atoms with E-state index >= 15 is 0 Å². The largest absolute Gasteiger partial charge is 0.493 e. The molecule has 2 aromatic rings. The van der Waals surface area contributed by atoms with Crippen molar-refractivity contribution in [1.82, 2.24) is 4.90 Å². The number of rotatable bonds is 8. The maximum absolute atomic E-state index is 13.1. The fraction of sp³-hybridized carbons (Fsp3) is 0.364. The Bertz CT molecular complexity index is 874. The van der Waals surface area contributed by atoms with Crippen LogP contribution in [0.4, 0.5) is 8.78 Å². The van der Waals surface area contributed by atoms with Crippen molar-refractivity contribution >= 4 is 11.8 Å². The van der Waals surface area contributed by atoms with Crippen LogP contribution in [0, 0.1) is 17.0 Å². The van der Waals surface area contributed by atoms with Gasteiger partial charge in [-0.3, -0.25) is 9.59 Å². The summed E-state index contributed by atoms with van der Waals surface area (Å²) in [5.74, 6) is -0.607. The summed E-state index contributed by atoms with van der Waals surface area (Å²) in [5.41, 5.74) is 4.83. The first-order valence-corrected chi connectivity index (χ1v) is 9.68. The molecule has 0 aromatic heterocycles. The Morgan fingerprint density at radius 3 is 2.10 bits per heavy atom. The number of carbonyl (C=O) groups excluding carboxylic acids is 2. The van der Waals surface area contributed by atoms with Crippen molar-refractivity contribution in [3.63, 3.8) is 0 Å². The second-order valence-corrected chi connectivity index (χ2v) is 7.55. The first-order valence-electron chi connectivity index (χ1n) is 9.68. The Labute approximate surface area is 173 Å². The number of amides is 2. The molecule has 8 heteroatoms. The van der Waals surface area contributed by atoms with E-state index in [1.165, 1.54) is 48.5 Å². The second kappa shape index (κ2) is 9.56. The summed E-state index contributed by atoms with van der Waals surface area (Å²) in [4.78, 5) is 26.0. The summed E-state index contributed by atoms with van der Waals surface area (Å²) < 4.78 is 37.3. The number of ether oxygens (including phenoxy) is 2. The number of nitrogens with zero attached hydrogens (tertiary/aromatic N) is 1. The monoisotopic (exact) mass is 418 g/mol. The highest BCUT2D eigenvalue weighted by atomic mass is 19.1. The van der Waals surface area contributed by atoms with Gasteiger partial charge in [-0.1, -0.05) is 0 Å². The van der Waals surface area contributed by atoms with E-state index in [4.69, 9.17) is 15.2 Å². The van der Waals surface area contributed by atoms with Crippen molar-refractivity contribution in [2.45, 2.75) is 19.3 Å². The van der Waals surface area contributed by atoms with E-state index in [-0.39, 0.29) is 37.2 Å². The van der Waals surface area contributed by atoms with Crippen molar-refractivity contribution in [2.75, 3.05) is 26.3 Å². The molecule has 2 aromatic carbocycles. The summed E-state index contributed by atoms with van der Waals surface area (Å²) in [6.45, 7) is 0.798. The third-order valence-electron chi connectivity index (χ3n) is 5.10. The Morgan fingerprint density at radius 1 is 0.967 bits per heavy atom. The van der Waals surface area contributed by atoms with Crippen molar-refractivity contribution in [2.24, 2.45) is 11.1 Å². The molecule has 0 saturated carbocycles. The minimum Gasteiger partial charge on any atom is -0.493 e. The lowest BCUT2D eigenvalue weighted by atomic mass is 9.77. The molecule has 0 bridgehead atoms. The standard InChI is InChI=1S/C22H24F2N2O4/c23-16-2-6-18(7-3-16)29-13-21(28)26-11-1-10-22(14-26,12-20(25)27)15-30-19-8-4-17(24)5-9-19/h2-9H,1,10-15H2,(H2,25,27)/t22-/m1/s1. The van der Waals surface area contributed by atoms with E-state index in [9.17, 15) is 18.4 Å². The fourth-order valence-corrected chi connectivity index (χ4v) is 3.64. The molecule has 160 valence electrons. The molecule has 1 atom stereocenters. The van der Waals surface area contributed by atoms with Crippen molar-refractivity contribution in [3.05, 3.63) is 60.2 Å². The summed E-state index contributed by atoms with van der Waals surface area (Å²) >= 11 is 0. The number of halogens is 2. The van der Waals surface area contributed by atoms with Gasteiger partial charge in [0.25, 0.3) is 5.91 Å². The van der Waals surface area contributed by atoms with Crippen molar-refractivity contribution in [1.29, 1.82) is 0 Å². The van der Waals surface area contributed by atoms with Crippen LogP contribution >= 0.6 is 0 Å². The van der Waals surface area contributed by atoms with Gasteiger partial charge in [0.05, 0.1) is 6.61 Å². The lowest BCUT2D eigenvalue weighted by Gasteiger charge is -2.42. The number of hydrogen-bond donors (Lipinski definition) is 1. The second-order valence-electron chi connectivity index (χ2n) is 7.55. The van der Waals surface area contributed by atoms with Crippen LogP contribution in [-0.2, 0) is 9.59 Å². The molecule has 1 saturated heterocycles. The predicted molar refractivity (Wildman–Crippen MR) is 106 cm³/mol. The molecule has 0 radical (unpaired) electrons. The Morgan fingerprint density at radius 2 is 1.53 bits per heavy atom. The SMILES string of the molecule is NC(=O)C[C@]1(COc2ccc(F)cc2)CCCN(C(=O)COc2ccc(F)cc2)C1. The average molecular weight is 418 g/mol. The number of primary amides is 1. The quantitative estimate of drug-likeness (QED) is 0.715. The molecule has 1 fully saturated rings. The minimum absolute atomic E-state index is 0.0663. The average Bonchev–Trinajstić information content (AvgIpc) is 2.72. The maximum atomic E-state index is 13.1. The number of hydrogen-bond acceptors (Lipinski definition) is 4. The Hall–Kier alpha value is -3.16. The lowest BCUT2D eigenvalue weighted by molar-refractivity contribution is -0.139. The van der Waals surface area contributed by atoms with Crippen LogP contribution in [0.2, 0.25) is 0 Å². The van der Waals surface area contributed by atoms with Crippen LogP contribution in [0.3, 0.4) is 0 Å².